The number of halogens is 1. The predicted octanol–water partition coefficient (Wildman–Crippen LogP) is 4.22. The first kappa shape index (κ1) is 25.9. The minimum Gasteiger partial charge on any atom is -0.493 e. The first-order chi connectivity index (χ1) is 17.9. The first-order valence-electron chi connectivity index (χ1n) is 10.9. The zero-order chi connectivity index (χ0) is 26.4. The predicted molar refractivity (Wildman–Crippen MR) is 143 cm³/mol. The van der Waals surface area contributed by atoms with Crippen LogP contribution in [0, 0.1) is 0 Å². The average molecular weight is 537 g/mol. The van der Waals surface area contributed by atoms with Crippen LogP contribution in [-0.2, 0) is 9.59 Å². The Bertz CT molecular complexity index is 1550. The summed E-state index contributed by atoms with van der Waals surface area (Å²) in [5, 5.41) is 5.33. The van der Waals surface area contributed by atoms with E-state index in [1.807, 2.05) is 0 Å². The Labute approximate surface area is 221 Å². The van der Waals surface area contributed by atoms with Gasteiger partial charge in [0.1, 0.15) is 0 Å². The van der Waals surface area contributed by atoms with Crippen LogP contribution >= 0.6 is 23.4 Å². The molecule has 0 aliphatic rings. The number of methoxy groups -OCH3 is 1. The van der Waals surface area contributed by atoms with E-state index in [2.05, 4.69) is 15.5 Å². The maximum Gasteiger partial charge on any atom is 0.308 e. The zero-order valence-electron chi connectivity index (χ0n) is 19.8. The van der Waals surface area contributed by atoms with Crippen LogP contribution in [0.3, 0.4) is 0 Å². The highest BCUT2D eigenvalue weighted by molar-refractivity contribution is 7.99. The van der Waals surface area contributed by atoms with Crippen molar-refractivity contribution in [2.75, 3.05) is 12.9 Å². The number of rotatable bonds is 8. The average Bonchev–Trinajstić information content (AvgIpc) is 2.89. The molecule has 0 saturated carbocycles. The minimum absolute atomic E-state index is 0.0373. The van der Waals surface area contributed by atoms with Crippen molar-refractivity contribution in [3.05, 3.63) is 87.7 Å². The molecular formula is C26H21ClN4O5S. The number of hydrazone groups is 1. The smallest absolute Gasteiger partial charge is 0.308 e. The molecular weight excluding hydrogens is 516 g/mol. The second-order valence-electron chi connectivity index (χ2n) is 7.61. The lowest BCUT2D eigenvalue weighted by Crippen LogP contribution is -2.24. The zero-order valence-corrected chi connectivity index (χ0v) is 21.4. The first-order valence-corrected chi connectivity index (χ1v) is 12.3. The van der Waals surface area contributed by atoms with E-state index in [-0.39, 0.29) is 17.1 Å². The van der Waals surface area contributed by atoms with Crippen molar-refractivity contribution in [2.45, 2.75) is 12.1 Å². The number of thioether (sulfide) groups is 1. The fourth-order valence-electron chi connectivity index (χ4n) is 3.37. The topological polar surface area (TPSA) is 112 Å². The van der Waals surface area contributed by atoms with E-state index in [9.17, 15) is 14.4 Å². The Kier molecular flexibility index (Phi) is 8.22. The number of nitrogens with zero attached hydrogens (tertiary/aromatic N) is 3. The molecule has 188 valence electrons. The van der Waals surface area contributed by atoms with Crippen molar-refractivity contribution in [1.29, 1.82) is 0 Å². The summed E-state index contributed by atoms with van der Waals surface area (Å²) in [5.74, 6) is -0.266. The summed E-state index contributed by atoms with van der Waals surface area (Å²) in [6, 6.07) is 18.7. The van der Waals surface area contributed by atoms with Gasteiger partial charge in [-0.1, -0.05) is 35.5 Å². The Morgan fingerprint density at radius 3 is 2.59 bits per heavy atom. The quantitative estimate of drug-likeness (QED) is 0.0896. The lowest BCUT2D eigenvalue weighted by Gasteiger charge is -2.13. The number of fused-ring (bicyclic) bond motifs is 1. The number of carbonyl (C=O) groups excluding carboxylic acids is 2. The Morgan fingerprint density at radius 2 is 1.86 bits per heavy atom. The number of hydrogen-bond donors (Lipinski definition) is 1. The normalized spacial score (nSPS) is 11.0. The van der Waals surface area contributed by atoms with E-state index < -0.39 is 11.9 Å². The van der Waals surface area contributed by atoms with Gasteiger partial charge in [-0.05, 0) is 60.2 Å². The van der Waals surface area contributed by atoms with Crippen LogP contribution < -0.4 is 20.5 Å². The monoisotopic (exact) mass is 536 g/mol. The maximum atomic E-state index is 13.3. The third-order valence-corrected chi connectivity index (χ3v) is 6.20. The Hall–Kier alpha value is -4.15. The van der Waals surface area contributed by atoms with Gasteiger partial charge >= 0.3 is 5.97 Å². The van der Waals surface area contributed by atoms with Gasteiger partial charge in [-0.2, -0.15) is 5.10 Å². The van der Waals surface area contributed by atoms with Crippen LogP contribution in [0.2, 0.25) is 5.02 Å². The molecule has 4 rings (SSSR count). The number of ether oxygens (including phenoxy) is 2. The van der Waals surface area contributed by atoms with Crippen molar-refractivity contribution >= 4 is 52.4 Å². The summed E-state index contributed by atoms with van der Waals surface area (Å²) >= 11 is 7.12. The molecule has 1 aromatic heterocycles. The van der Waals surface area contributed by atoms with Gasteiger partial charge in [0.05, 0.1) is 35.7 Å². The second kappa shape index (κ2) is 11.7. The number of carbonyl (C=O) groups is 2. The third kappa shape index (κ3) is 6.35. The van der Waals surface area contributed by atoms with Gasteiger partial charge in [0.15, 0.2) is 16.7 Å². The van der Waals surface area contributed by atoms with E-state index in [1.165, 1.54) is 24.8 Å². The van der Waals surface area contributed by atoms with Gasteiger partial charge in [-0.25, -0.2) is 10.4 Å². The van der Waals surface area contributed by atoms with Crippen molar-refractivity contribution in [3.8, 4) is 17.2 Å². The van der Waals surface area contributed by atoms with Crippen LogP contribution in [0.1, 0.15) is 12.5 Å². The second-order valence-corrected chi connectivity index (χ2v) is 8.99. The summed E-state index contributed by atoms with van der Waals surface area (Å²) in [7, 11) is 1.45. The molecule has 0 aliphatic heterocycles. The van der Waals surface area contributed by atoms with E-state index in [1.54, 1.807) is 66.7 Å². The molecule has 0 unspecified atom stereocenters. The molecule has 0 aliphatic carbocycles. The molecule has 37 heavy (non-hydrogen) atoms. The largest absolute Gasteiger partial charge is 0.493 e. The van der Waals surface area contributed by atoms with Crippen LogP contribution in [0.5, 0.6) is 11.5 Å². The van der Waals surface area contributed by atoms with Crippen LogP contribution in [-0.4, -0.2) is 40.5 Å². The number of para-hydroxylation sites is 1. The molecule has 3 aromatic carbocycles. The number of amides is 1. The standard InChI is InChI=1S/C26H21ClN4O5S/c1-16(32)36-22-12-7-17(13-23(22)35-2)14-28-30-24(33)15-37-26-29-21-6-4-3-5-20(21)25(34)31(26)19-10-8-18(27)9-11-19/h3-14H,15H2,1-2H3,(H,30,33)/b28-14-. The number of esters is 1. The molecule has 0 atom stereocenters. The molecule has 0 saturated heterocycles. The fourth-order valence-corrected chi connectivity index (χ4v) is 4.30. The van der Waals surface area contributed by atoms with Gasteiger partial charge in [0.2, 0.25) is 0 Å². The minimum atomic E-state index is -0.466. The lowest BCUT2D eigenvalue weighted by molar-refractivity contribution is -0.132. The van der Waals surface area contributed by atoms with Crippen molar-refractivity contribution in [3.63, 3.8) is 0 Å². The van der Waals surface area contributed by atoms with Gasteiger partial charge in [0.25, 0.3) is 11.5 Å². The highest BCUT2D eigenvalue weighted by Crippen LogP contribution is 2.27. The summed E-state index contributed by atoms with van der Waals surface area (Å²) in [6.07, 6.45) is 1.43. The molecule has 1 N–H and O–H groups in total. The molecule has 0 fully saturated rings. The van der Waals surface area contributed by atoms with Gasteiger partial charge in [-0.15, -0.1) is 0 Å². The molecule has 0 bridgehead atoms. The molecule has 0 spiro atoms. The van der Waals surface area contributed by atoms with Crippen molar-refractivity contribution < 1.29 is 19.1 Å². The Balaban J connectivity index is 1.49. The van der Waals surface area contributed by atoms with E-state index in [0.29, 0.717) is 38.1 Å². The van der Waals surface area contributed by atoms with Crippen LogP contribution in [0.4, 0.5) is 0 Å². The van der Waals surface area contributed by atoms with E-state index in [0.717, 1.165) is 11.8 Å². The molecule has 0 radical (unpaired) electrons. The molecule has 9 nitrogen and oxygen atoms in total. The summed E-state index contributed by atoms with van der Waals surface area (Å²) < 4.78 is 11.8. The molecule has 11 heteroatoms. The molecule has 1 amide bonds. The highest BCUT2D eigenvalue weighted by atomic mass is 35.5. The number of nitrogens with one attached hydrogen (secondary N) is 1. The third-order valence-electron chi connectivity index (χ3n) is 5.01. The SMILES string of the molecule is COc1cc(/C=N\NC(=O)CSc2nc3ccccc3c(=O)n2-c2ccc(Cl)cc2)ccc1OC(C)=O. The summed E-state index contributed by atoms with van der Waals surface area (Å²) in [4.78, 5) is 41.5. The lowest BCUT2D eigenvalue weighted by atomic mass is 10.2. The van der Waals surface area contributed by atoms with Gasteiger partial charge < -0.3 is 9.47 Å². The van der Waals surface area contributed by atoms with Crippen molar-refractivity contribution in [2.24, 2.45) is 5.10 Å². The van der Waals surface area contributed by atoms with E-state index >= 15 is 0 Å². The van der Waals surface area contributed by atoms with Crippen LogP contribution in [0.15, 0.2) is 81.8 Å². The van der Waals surface area contributed by atoms with E-state index in [4.69, 9.17) is 21.1 Å². The maximum absolute atomic E-state index is 13.3. The highest BCUT2D eigenvalue weighted by Gasteiger charge is 2.15. The number of aromatic nitrogens is 2. The number of benzene rings is 3. The summed E-state index contributed by atoms with van der Waals surface area (Å²) in [5.41, 5.74) is 3.94. The molecule has 4 aromatic rings. The fraction of sp³-hybridized carbons (Fsp3) is 0.115. The van der Waals surface area contributed by atoms with Gasteiger partial charge in [0, 0.05) is 11.9 Å². The summed E-state index contributed by atoms with van der Waals surface area (Å²) in [6.45, 7) is 1.30. The molecule has 1 heterocycles. The van der Waals surface area contributed by atoms with Crippen LogP contribution in [0.25, 0.3) is 16.6 Å². The Morgan fingerprint density at radius 1 is 1.11 bits per heavy atom. The van der Waals surface area contributed by atoms with Crippen molar-refractivity contribution in [1.82, 2.24) is 15.0 Å². The number of hydrogen-bond acceptors (Lipinski definition) is 8. The van der Waals surface area contributed by atoms with Gasteiger partial charge in [-0.3, -0.25) is 19.0 Å².